The third kappa shape index (κ3) is 4.85. The van der Waals surface area contributed by atoms with Gasteiger partial charge in [-0.3, -0.25) is 0 Å². The molecular formula is C22H30N2O5. The van der Waals surface area contributed by atoms with E-state index in [1.54, 1.807) is 13.0 Å². The first-order valence-electron chi connectivity index (χ1n) is 9.72. The highest BCUT2D eigenvalue weighted by Gasteiger charge is 2.55. The fraction of sp³-hybridized carbons (Fsp3) is 0.500. The molecule has 3 unspecified atom stereocenters. The number of benzene rings is 1. The van der Waals surface area contributed by atoms with Crippen molar-refractivity contribution in [2.24, 2.45) is 15.9 Å². The number of esters is 1. The first kappa shape index (κ1) is 22.6. The monoisotopic (exact) mass is 402 g/mol. The number of aliphatic imine (C=N–C) groups is 2. The summed E-state index contributed by atoms with van der Waals surface area (Å²) in [7, 11) is 2.87. The van der Waals surface area contributed by atoms with Crippen LogP contribution in [-0.4, -0.2) is 61.4 Å². The fourth-order valence-corrected chi connectivity index (χ4v) is 3.15. The van der Waals surface area contributed by atoms with Gasteiger partial charge >= 0.3 is 5.97 Å². The number of aliphatic hydroxyl groups excluding tert-OH is 1. The van der Waals surface area contributed by atoms with Crippen molar-refractivity contribution >= 4 is 17.8 Å². The van der Waals surface area contributed by atoms with Gasteiger partial charge in [-0.2, -0.15) is 0 Å². The molecule has 2 rings (SSSR count). The average molecular weight is 402 g/mol. The Morgan fingerprint density at radius 3 is 2.48 bits per heavy atom. The number of allylic oxidation sites excluding steroid dienone is 1. The normalized spacial score (nSPS) is 22.8. The molecule has 1 N–H and O–H groups in total. The van der Waals surface area contributed by atoms with Gasteiger partial charge in [-0.05, 0) is 24.8 Å². The summed E-state index contributed by atoms with van der Waals surface area (Å²) in [4.78, 5) is 22.0. The van der Waals surface area contributed by atoms with Crippen LogP contribution >= 0.6 is 0 Å². The van der Waals surface area contributed by atoms with Gasteiger partial charge in [0.05, 0.1) is 20.8 Å². The molecule has 0 aromatic heterocycles. The highest BCUT2D eigenvalue weighted by molar-refractivity contribution is 6.12. The first-order chi connectivity index (χ1) is 13.9. The topological polar surface area (TPSA) is 89.7 Å². The maximum atomic E-state index is 13.0. The highest BCUT2D eigenvalue weighted by atomic mass is 16.5. The van der Waals surface area contributed by atoms with Gasteiger partial charge < -0.3 is 19.3 Å². The van der Waals surface area contributed by atoms with Crippen LogP contribution in [0.4, 0.5) is 0 Å². The molecule has 1 aliphatic heterocycles. The van der Waals surface area contributed by atoms with E-state index in [-0.39, 0.29) is 24.3 Å². The molecule has 0 spiro atoms. The molecule has 7 nitrogen and oxygen atoms in total. The summed E-state index contributed by atoms with van der Waals surface area (Å²) < 4.78 is 16.1. The van der Waals surface area contributed by atoms with Gasteiger partial charge in [0.25, 0.3) is 5.54 Å². The molecule has 1 aliphatic rings. The Kier molecular flexibility index (Phi) is 7.96. The lowest BCUT2D eigenvalue weighted by atomic mass is 9.88. The molecule has 0 fully saturated rings. The zero-order valence-electron chi connectivity index (χ0n) is 17.7. The van der Waals surface area contributed by atoms with Gasteiger partial charge in [-0.25, -0.2) is 14.8 Å². The molecule has 0 bridgehead atoms. The molecule has 7 heteroatoms. The minimum Gasteiger partial charge on any atom is -0.483 e. The molecule has 0 saturated carbocycles. The summed E-state index contributed by atoms with van der Waals surface area (Å²) in [6.45, 7) is 5.74. The third-order valence-electron chi connectivity index (χ3n) is 4.69. The number of carbonyl (C=O) groups is 1. The summed E-state index contributed by atoms with van der Waals surface area (Å²) in [6.07, 6.45) is 2.55. The summed E-state index contributed by atoms with van der Waals surface area (Å²) in [6, 6.07) is 9.37. The SMILES string of the molecule is CCOC(=O)C1(C(O)/C=C/Cc2ccccc2)N=C(OC)C(C(C)C)N=C1OC. The number of carbonyl (C=O) groups excluding carboxylic acids is 1. The standard InChI is InChI=1S/C22H30N2O5/c1-6-29-21(26)22(17(25)14-10-13-16-11-8-7-9-12-16)20(28-5)23-18(15(2)3)19(24-22)27-4/h7-12,14-15,17-18,25H,6,13H2,1-5H3/b14-10+. The van der Waals surface area contributed by atoms with E-state index in [1.165, 1.54) is 20.3 Å². The molecule has 3 atom stereocenters. The predicted octanol–water partition coefficient (Wildman–Crippen LogP) is 2.58. The number of methoxy groups -OCH3 is 2. The van der Waals surface area contributed by atoms with Crippen LogP contribution in [0.2, 0.25) is 0 Å². The molecule has 0 saturated heterocycles. The number of ether oxygens (including phenoxy) is 3. The Morgan fingerprint density at radius 1 is 1.24 bits per heavy atom. The predicted molar refractivity (Wildman–Crippen MR) is 112 cm³/mol. The highest BCUT2D eigenvalue weighted by Crippen LogP contribution is 2.30. The Morgan fingerprint density at radius 2 is 1.93 bits per heavy atom. The van der Waals surface area contributed by atoms with Crippen molar-refractivity contribution in [1.82, 2.24) is 0 Å². The van der Waals surface area contributed by atoms with Crippen molar-refractivity contribution in [3.05, 3.63) is 48.0 Å². The van der Waals surface area contributed by atoms with Gasteiger partial charge in [0.1, 0.15) is 12.1 Å². The first-order valence-corrected chi connectivity index (χ1v) is 9.72. The Labute approximate surface area is 172 Å². The molecule has 0 aliphatic carbocycles. The van der Waals surface area contributed by atoms with Crippen LogP contribution in [-0.2, 0) is 25.4 Å². The summed E-state index contributed by atoms with van der Waals surface area (Å²) in [5.41, 5.74) is -0.777. The van der Waals surface area contributed by atoms with Crippen LogP contribution in [0.5, 0.6) is 0 Å². The molecular weight excluding hydrogens is 372 g/mol. The van der Waals surface area contributed by atoms with E-state index >= 15 is 0 Å². The minimum absolute atomic E-state index is 0.00677. The number of hydrogen-bond donors (Lipinski definition) is 1. The lowest BCUT2D eigenvalue weighted by Gasteiger charge is -2.36. The number of rotatable bonds is 7. The zero-order valence-corrected chi connectivity index (χ0v) is 17.7. The van der Waals surface area contributed by atoms with Crippen LogP contribution in [0.1, 0.15) is 26.3 Å². The second-order valence-electron chi connectivity index (χ2n) is 7.03. The smallest absolute Gasteiger partial charge is 0.347 e. The Balaban J connectivity index is 2.44. The Bertz CT molecular complexity index is 773. The van der Waals surface area contributed by atoms with E-state index in [2.05, 4.69) is 9.98 Å². The van der Waals surface area contributed by atoms with Crippen molar-refractivity contribution in [2.75, 3.05) is 20.8 Å². The molecule has 29 heavy (non-hydrogen) atoms. The van der Waals surface area contributed by atoms with Gasteiger partial charge in [-0.15, -0.1) is 0 Å². The Hall–Kier alpha value is -2.67. The van der Waals surface area contributed by atoms with Crippen LogP contribution in [0, 0.1) is 5.92 Å². The van der Waals surface area contributed by atoms with E-state index in [1.807, 2.05) is 44.2 Å². The van der Waals surface area contributed by atoms with E-state index in [0.717, 1.165) is 5.56 Å². The maximum absolute atomic E-state index is 13.0. The van der Waals surface area contributed by atoms with Crippen LogP contribution < -0.4 is 0 Å². The van der Waals surface area contributed by atoms with Crippen molar-refractivity contribution in [3.63, 3.8) is 0 Å². The second-order valence-corrected chi connectivity index (χ2v) is 7.03. The number of hydrogen-bond acceptors (Lipinski definition) is 7. The molecule has 158 valence electrons. The maximum Gasteiger partial charge on any atom is 0.347 e. The van der Waals surface area contributed by atoms with Crippen molar-refractivity contribution < 1.29 is 24.1 Å². The average Bonchev–Trinajstić information content (AvgIpc) is 2.73. The molecule has 1 aromatic carbocycles. The van der Waals surface area contributed by atoms with Crippen LogP contribution in [0.15, 0.2) is 52.5 Å². The van der Waals surface area contributed by atoms with Crippen LogP contribution in [0.3, 0.4) is 0 Å². The minimum atomic E-state index is -1.85. The number of nitrogens with zero attached hydrogens (tertiary/aromatic N) is 2. The van der Waals surface area contributed by atoms with Gasteiger partial charge in [0.2, 0.25) is 11.8 Å². The fourth-order valence-electron chi connectivity index (χ4n) is 3.15. The van der Waals surface area contributed by atoms with E-state index in [4.69, 9.17) is 14.2 Å². The molecule has 1 heterocycles. The third-order valence-corrected chi connectivity index (χ3v) is 4.69. The van der Waals surface area contributed by atoms with Gasteiger partial charge in [0, 0.05) is 0 Å². The van der Waals surface area contributed by atoms with Crippen molar-refractivity contribution in [3.8, 4) is 0 Å². The second kappa shape index (κ2) is 10.2. The van der Waals surface area contributed by atoms with Crippen molar-refractivity contribution in [2.45, 2.75) is 44.9 Å². The quantitative estimate of drug-likeness (QED) is 0.559. The largest absolute Gasteiger partial charge is 0.483 e. The summed E-state index contributed by atoms with van der Waals surface area (Å²) in [5, 5.41) is 11.0. The van der Waals surface area contributed by atoms with E-state index in [9.17, 15) is 9.90 Å². The van der Waals surface area contributed by atoms with Crippen LogP contribution in [0.25, 0.3) is 0 Å². The van der Waals surface area contributed by atoms with Gasteiger partial charge in [0.15, 0.2) is 0 Å². The lowest BCUT2D eigenvalue weighted by Crippen LogP contribution is -2.59. The molecule has 0 amide bonds. The van der Waals surface area contributed by atoms with Crippen molar-refractivity contribution in [1.29, 1.82) is 0 Å². The van der Waals surface area contributed by atoms with E-state index < -0.39 is 23.7 Å². The van der Waals surface area contributed by atoms with Gasteiger partial charge in [-0.1, -0.05) is 56.3 Å². The summed E-state index contributed by atoms with van der Waals surface area (Å²) >= 11 is 0. The summed E-state index contributed by atoms with van der Waals surface area (Å²) in [5.74, 6) is -0.421. The van der Waals surface area contributed by atoms with E-state index in [0.29, 0.717) is 6.42 Å². The molecule has 0 radical (unpaired) electrons. The zero-order chi connectivity index (χ0) is 21.4. The molecule has 1 aromatic rings. The lowest BCUT2D eigenvalue weighted by molar-refractivity contribution is -0.150. The number of aliphatic hydroxyl groups is 1.